The molecule has 4 rings (SSSR count). The van der Waals surface area contributed by atoms with Crippen molar-refractivity contribution in [3.63, 3.8) is 0 Å². The lowest BCUT2D eigenvalue weighted by atomic mass is 9.99. The number of halogens is 2. The highest BCUT2D eigenvalue weighted by atomic mass is 35.5. The van der Waals surface area contributed by atoms with Crippen LogP contribution in [0.15, 0.2) is 28.8 Å². The van der Waals surface area contributed by atoms with E-state index in [1.54, 1.807) is 0 Å². The van der Waals surface area contributed by atoms with Crippen LogP contribution >= 0.6 is 24.0 Å². The molecule has 2 atom stereocenters. The Balaban J connectivity index is 0.00000144. The molecular formula is C16H19Cl2N3O. The summed E-state index contributed by atoms with van der Waals surface area (Å²) in [4.78, 5) is 4.59. The van der Waals surface area contributed by atoms with Crippen molar-refractivity contribution in [1.29, 1.82) is 0 Å². The molecule has 2 saturated carbocycles. The molecule has 2 N–H and O–H groups in total. The molecule has 1 aromatic heterocycles. The molecule has 2 unspecified atom stereocenters. The highest BCUT2D eigenvalue weighted by molar-refractivity contribution is 6.31. The van der Waals surface area contributed by atoms with Crippen molar-refractivity contribution in [1.82, 2.24) is 10.1 Å². The topological polar surface area (TPSA) is 64.9 Å². The van der Waals surface area contributed by atoms with E-state index in [9.17, 15) is 0 Å². The second kappa shape index (κ2) is 5.84. The first kappa shape index (κ1) is 15.8. The molecule has 0 radical (unpaired) electrons. The zero-order valence-electron chi connectivity index (χ0n) is 12.2. The van der Waals surface area contributed by atoms with Crippen LogP contribution in [0.25, 0.3) is 0 Å². The second-order valence-corrected chi connectivity index (χ2v) is 6.70. The third-order valence-corrected chi connectivity index (χ3v) is 5.14. The summed E-state index contributed by atoms with van der Waals surface area (Å²) in [5.41, 5.74) is 7.17. The highest BCUT2D eigenvalue weighted by Gasteiger charge is 2.46. The monoisotopic (exact) mass is 339 g/mol. The lowest BCUT2D eigenvalue weighted by Crippen LogP contribution is -2.34. The van der Waals surface area contributed by atoms with E-state index in [0.717, 1.165) is 37.1 Å². The Bertz CT molecular complexity index is 667. The summed E-state index contributed by atoms with van der Waals surface area (Å²) in [7, 11) is 0. The third kappa shape index (κ3) is 2.64. The Hall–Kier alpha value is -1.10. The third-order valence-electron chi connectivity index (χ3n) is 4.80. The zero-order chi connectivity index (χ0) is 14.4. The molecule has 22 heavy (non-hydrogen) atoms. The Morgan fingerprint density at radius 3 is 2.64 bits per heavy atom. The molecular weight excluding hydrogens is 321 g/mol. The van der Waals surface area contributed by atoms with Crippen LogP contribution in [0.3, 0.4) is 0 Å². The van der Waals surface area contributed by atoms with Crippen LogP contribution in [0.4, 0.5) is 0 Å². The number of rotatable bonds is 3. The standard InChI is InChI=1S/C16H18ClN3O.ClH/c17-13-6-2-1-5-10(13)11-9-12(11)14-19-15(20-21-14)16(18)7-3-4-8-16;/h1-2,5-6,11-12H,3-4,7-9,18H2;1H. The lowest BCUT2D eigenvalue weighted by Gasteiger charge is -2.17. The Morgan fingerprint density at radius 1 is 1.18 bits per heavy atom. The van der Waals surface area contributed by atoms with Gasteiger partial charge in [0, 0.05) is 10.9 Å². The quantitative estimate of drug-likeness (QED) is 0.912. The molecule has 0 spiro atoms. The number of aromatic nitrogens is 2. The van der Waals surface area contributed by atoms with E-state index in [4.69, 9.17) is 21.9 Å². The average molecular weight is 340 g/mol. The molecule has 6 heteroatoms. The molecule has 2 aliphatic rings. The van der Waals surface area contributed by atoms with Crippen LogP contribution in [0.1, 0.15) is 61.2 Å². The van der Waals surface area contributed by atoms with Gasteiger partial charge in [-0.1, -0.05) is 47.8 Å². The summed E-state index contributed by atoms with van der Waals surface area (Å²) in [6, 6.07) is 7.97. The Labute approximate surface area is 140 Å². The van der Waals surface area contributed by atoms with Crippen molar-refractivity contribution in [2.24, 2.45) is 5.73 Å². The van der Waals surface area contributed by atoms with Crippen LogP contribution in [0.2, 0.25) is 5.02 Å². The fraction of sp³-hybridized carbons (Fsp3) is 0.500. The minimum absolute atomic E-state index is 0. The smallest absolute Gasteiger partial charge is 0.230 e. The van der Waals surface area contributed by atoms with Crippen molar-refractivity contribution < 1.29 is 4.52 Å². The fourth-order valence-corrected chi connectivity index (χ4v) is 3.68. The largest absolute Gasteiger partial charge is 0.339 e. The van der Waals surface area contributed by atoms with E-state index >= 15 is 0 Å². The maximum atomic E-state index is 6.38. The van der Waals surface area contributed by atoms with Crippen LogP contribution in [-0.4, -0.2) is 10.1 Å². The van der Waals surface area contributed by atoms with Gasteiger partial charge in [-0.25, -0.2) is 0 Å². The SMILES string of the molecule is Cl.NC1(c2noc(C3CC3c3ccccc3Cl)n2)CCCC1. The molecule has 0 amide bonds. The van der Waals surface area contributed by atoms with Gasteiger partial charge < -0.3 is 10.3 Å². The van der Waals surface area contributed by atoms with Gasteiger partial charge in [-0.2, -0.15) is 4.98 Å². The van der Waals surface area contributed by atoms with Gasteiger partial charge >= 0.3 is 0 Å². The Morgan fingerprint density at radius 2 is 1.91 bits per heavy atom. The first-order valence-corrected chi connectivity index (χ1v) is 7.92. The number of hydrogen-bond donors (Lipinski definition) is 1. The van der Waals surface area contributed by atoms with Crippen molar-refractivity contribution in [3.05, 3.63) is 46.6 Å². The number of nitrogens with zero attached hydrogens (tertiary/aromatic N) is 2. The van der Waals surface area contributed by atoms with E-state index in [0.29, 0.717) is 17.6 Å². The van der Waals surface area contributed by atoms with E-state index in [2.05, 4.69) is 16.2 Å². The molecule has 2 aromatic rings. The van der Waals surface area contributed by atoms with E-state index in [1.165, 1.54) is 5.56 Å². The predicted octanol–water partition coefficient (Wildman–Crippen LogP) is 4.14. The number of benzene rings is 1. The first-order chi connectivity index (χ1) is 10.2. The van der Waals surface area contributed by atoms with Crippen molar-refractivity contribution >= 4 is 24.0 Å². The molecule has 1 aromatic carbocycles. The summed E-state index contributed by atoms with van der Waals surface area (Å²) in [6.07, 6.45) is 5.20. The number of nitrogens with two attached hydrogens (primary N) is 1. The molecule has 0 bridgehead atoms. The molecule has 0 saturated heterocycles. The van der Waals surface area contributed by atoms with Gasteiger partial charge in [-0.15, -0.1) is 12.4 Å². The fourth-order valence-electron chi connectivity index (χ4n) is 3.40. The molecule has 0 aliphatic heterocycles. The highest BCUT2D eigenvalue weighted by Crippen LogP contribution is 2.55. The van der Waals surface area contributed by atoms with Crippen LogP contribution in [0.5, 0.6) is 0 Å². The van der Waals surface area contributed by atoms with Gasteiger partial charge in [0.1, 0.15) is 0 Å². The minimum Gasteiger partial charge on any atom is -0.339 e. The maximum absolute atomic E-state index is 6.38. The van der Waals surface area contributed by atoms with Gasteiger partial charge in [0.05, 0.1) is 5.54 Å². The second-order valence-electron chi connectivity index (χ2n) is 6.29. The van der Waals surface area contributed by atoms with Gasteiger partial charge in [0.2, 0.25) is 5.89 Å². The van der Waals surface area contributed by atoms with E-state index < -0.39 is 0 Å². The first-order valence-electron chi connectivity index (χ1n) is 7.55. The zero-order valence-corrected chi connectivity index (χ0v) is 13.7. The van der Waals surface area contributed by atoms with Gasteiger partial charge in [0.25, 0.3) is 0 Å². The van der Waals surface area contributed by atoms with Crippen molar-refractivity contribution in [3.8, 4) is 0 Å². The lowest BCUT2D eigenvalue weighted by molar-refractivity contribution is 0.348. The average Bonchev–Trinajstić information content (AvgIpc) is 2.90. The normalized spacial score (nSPS) is 25.7. The van der Waals surface area contributed by atoms with Crippen LogP contribution in [0, 0.1) is 0 Å². The number of hydrogen-bond acceptors (Lipinski definition) is 4. The van der Waals surface area contributed by atoms with Gasteiger partial charge in [-0.3, -0.25) is 0 Å². The molecule has 118 valence electrons. The summed E-state index contributed by atoms with van der Waals surface area (Å²) in [5, 5.41) is 4.95. The molecule has 2 fully saturated rings. The van der Waals surface area contributed by atoms with Gasteiger partial charge in [-0.05, 0) is 36.8 Å². The summed E-state index contributed by atoms with van der Waals surface area (Å²) < 4.78 is 5.47. The minimum atomic E-state index is -0.378. The Kier molecular flexibility index (Phi) is 4.19. The van der Waals surface area contributed by atoms with E-state index in [1.807, 2.05) is 18.2 Å². The summed E-state index contributed by atoms with van der Waals surface area (Å²) >= 11 is 6.26. The predicted molar refractivity (Wildman–Crippen MR) is 87.4 cm³/mol. The molecule has 2 aliphatic carbocycles. The van der Waals surface area contributed by atoms with E-state index in [-0.39, 0.29) is 23.9 Å². The molecule has 1 heterocycles. The summed E-state index contributed by atoms with van der Waals surface area (Å²) in [5.74, 6) is 2.08. The van der Waals surface area contributed by atoms with Crippen molar-refractivity contribution in [2.75, 3.05) is 0 Å². The molecule has 4 nitrogen and oxygen atoms in total. The van der Waals surface area contributed by atoms with Crippen LogP contribution in [-0.2, 0) is 5.54 Å². The van der Waals surface area contributed by atoms with Crippen LogP contribution < -0.4 is 5.73 Å². The maximum Gasteiger partial charge on any atom is 0.230 e. The van der Waals surface area contributed by atoms with Crippen molar-refractivity contribution in [2.45, 2.75) is 49.5 Å². The van der Waals surface area contributed by atoms with Gasteiger partial charge in [0.15, 0.2) is 5.82 Å². The summed E-state index contributed by atoms with van der Waals surface area (Å²) in [6.45, 7) is 0.